The van der Waals surface area contributed by atoms with Crippen molar-refractivity contribution in [1.29, 1.82) is 5.26 Å². The van der Waals surface area contributed by atoms with E-state index in [0.29, 0.717) is 5.56 Å². The Balaban J connectivity index is 1.98. The van der Waals surface area contributed by atoms with Gasteiger partial charge >= 0.3 is 0 Å². The highest BCUT2D eigenvalue weighted by Gasteiger charge is 2.23. The average molecular weight is 224 g/mol. The zero-order valence-corrected chi connectivity index (χ0v) is 9.27. The Bertz CT molecular complexity index is 562. The number of fused-ring (bicyclic) bond motifs is 1. The number of H-pyrrole nitrogens is 1. The summed E-state index contributed by atoms with van der Waals surface area (Å²) in [5, 5.41) is 12.2. The third-order valence-corrected chi connectivity index (χ3v) is 3.12. The zero-order valence-electron chi connectivity index (χ0n) is 9.27. The van der Waals surface area contributed by atoms with Crippen LogP contribution >= 0.6 is 0 Å². The minimum absolute atomic E-state index is 0.137. The summed E-state index contributed by atoms with van der Waals surface area (Å²) in [5.41, 5.74) is 4.11. The Morgan fingerprint density at radius 1 is 1.29 bits per heavy atom. The standard InChI is InChI=1S/C13H12N4/c14-7-9-1-3-10(4-2-9)12-13-11(5-6-15-12)16-8-17-13/h1-4,8,12,15H,5-6H2,(H,16,17)/t12-/m0/s1. The van der Waals surface area contributed by atoms with E-state index in [1.807, 2.05) is 24.3 Å². The van der Waals surface area contributed by atoms with E-state index in [-0.39, 0.29) is 6.04 Å². The number of nitrogens with zero attached hydrogens (tertiary/aromatic N) is 2. The van der Waals surface area contributed by atoms with Gasteiger partial charge in [0.15, 0.2) is 0 Å². The molecule has 84 valence electrons. The van der Waals surface area contributed by atoms with Crippen LogP contribution in [0.5, 0.6) is 0 Å². The molecule has 0 radical (unpaired) electrons. The van der Waals surface area contributed by atoms with Crippen molar-refractivity contribution >= 4 is 0 Å². The summed E-state index contributed by atoms with van der Waals surface area (Å²) in [6.07, 6.45) is 2.73. The molecule has 1 aliphatic heterocycles. The summed E-state index contributed by atoms with van der Waals surface area (Å²) in [6.45, 7) is 0.944. The Morgan fingerprint density at radius 3 is 2.88 bits per heavy atom. The maximum Gasteiger partial charge on any atom is 0.0991 e. The van der Waals surface area contributed by atoms with Crippen LogP contribution in [0, 0.1) is 11.3 Å². The third-order valence-electron chi connectivity index (χ3n) is 3.12. The first-order chi connectivity index (χ1) is 8.38. The highest BCUT2D eigenvalue weighted by Crippen LogP contribution is 2.26. The molecule has 1 aromatic heterocycles. The molecule has 4 heteroatoms. The van der Waals surface area contributed by atoms with Crippen LogP contribution in [0.25, 0.3) is 0 Å². The molecule has 2 aromatic rings. The quantitative estimate of drug-likeness (QED) is 0.771. The van der Waals surface area contributed by atoms with E-state index in [9.17, 15) is 0 Å². The van der Waals surface area contributed by atoms with Gasteiger partial charge in [-0.05, 0) is 17.7 Å². The lowest BCUT2D eigenvalue weighted by molar-refractivity contribution is 0.553. The minimum Gasteiger partial charge on any atom is -0.348 e. The van der Waals surface area contributed by atoms with Crippen LogP contribution in [0.15, 0.2) is 30.6 Å². The minimum atomic E-state index is 0.137. The molecule has 3 rings (SSSR count). The SMILES string of the molecule is N#Cc1ccc([C@@H]2NCCc3[nH]cnc32)cc1. The number of benzene rings is 1. The molecule has 17 heavy (non-hydrogen) atoms. The number of rotatable bonds is 1. The van der Waals surface area contributed by atoms with E-state index >= 15 is 0 Å². The molecular formula is C13H12N4. The Labute approximate surface area is 99.3 Å². The molecule has 4 nitrogen and oxygen atoms in total. The molecule has 0 fully saturated rings. The Hall–Kier alpha value is -2.12. The maximum absolute atomic E-state index is 8.78. The summed E-state index contributed by atoms with van der Waals surface area (Å²) in [4.78, 5) is 7.55. The van der Waals surface area contributed by atoms with Crippen molar-refractivity contribution in [3.05, 3.63) is 53.1 Å². The lowest BCUT2D eigenvalue weighted by atomic mass is 9.97. The molecule has 1 atom stereocenters. The number of aromatic amines is 1. The van der Waals surface area contributed by atoms with Crippen molar-refractivity contribution in [3.63, 3.8) is 0 Å². The van der Waals surface area contributed by atoms with Crippen LogP contribution < -0.4 is 5.32 Å². The van der Waals surface area contributed by atoms with E-state index in [1.54, 1.807) is 6.33 Å². The lowest BCUT2D eigenvalue weighted by Gasteiger charge is -2.23. The van der Waals surface area contributed by atoms with Gasteiger partial charge in [0.2, 0.25) is 0 Å². The molecule has 0 saturated carbocycles. The third kappa shape index (κ3) is 1.71. The maximum atomic E-state index is 8.78. The molecule has 0 saturated heterocycles. The summed E-state index contributed by atoms with van der Waals surface area (Å²) in [5.74, 6) is 0. The molecule has 0 unspecified atom stereocenters. The highest BCUT2D eigenvalue weighted by molar-refractivity contribution is 5.37. The fourth-order valence-electron chi connectivity index (χ4n) is 2.24. The lowest BCUT2D eigenvalue weighted by Crippen LogP contribution is -2.30. The molecule has 0 aliphatic carbocycles. The van der Waals surface area contributed by atoms with Gasteiger partial charge in [-0.3, -0.25) is 0 Å². The van der Waals surface area contributed by atoms with Gasteiger partial charge in [-0.2, -0.15) is 5.26 Å². The average Bonchev–Trinajstić information content (AvgIpc) is 2.87. The smallest absolute Gasteiger partial charge is 0.0991 e. The molecule has 0 amide bonds. The van der Waals surface area contributed by atoms with Gasteiger partial charge < -0.3 is 10.3 Å². The number of nitriles is 1. The summed E-state index contributed by atoms with van der Waals surface area (Å²) in [6, 6.07) is 9.93. The van der Waals surface area contributed by atoms with Crippen LogP contribution in [-0.4, -0.2) is 16.5 Å². The fraction of sp³-hybridized carbons (Fsp3) is 0.231. The van der Waals surface area contributed by atoms with Crippen molar-refractivity contribution in [1.82, 2.24) is 15.3 Å². The monoisotopic (exact) mass is 224 g/mol. The van der Waals surface area contributed by atoms with Crippen LogP contribution in [0.4, 0.5) is 0 Å². The van der Waals surface area contributed by atoms with Gasteiger partial charge in [-0.1, -0.05) is 12.1 Å². The zero-order chi connectivity index (χ0) is 11.7. The second-order valence-corrected chi connectivity index (χ2v) is 4.14. The first kappa shape index (κ1) is 10.1. The molecule has 2 N–H and O–H groups in total. The first-order valence-electron chi connectivity index (χ1n) is 5.64. The predicted molar refractivity (Wildman–Crippen MR) is 63.3 cm³/mol. The predicted octanol–water partition coefficient (Wildman–Crippen LogP) is 1.52. The van der Waals surface area contributed by atoms with Gasteiger partial charge in [0.1, 0.15) is 0 Å². The van der Waals surface area contributed by atoms with Crippen LogP contribution in [0.3, 0.4) is 0 Å². The van der Waals surface area contributed by atoms with Gasteiger partial charge in [0.25, 0.3) is 0 Å². The molecule has 0 bridgehead atoms. The van der Waals surface area contributed by atoms with E-state index in [2.05, 4.69) is 21.4 Å². The van der Waals surface area contributed by atoms with Gasteiger partial charge in [-0.25, -0.2) is 4.98 Å². The highest BCUT2D eigenvalue weighted by atomic mass is 15.0. The Kier molecular flexibility index (Phi) is 2.39. The largest absolute Gasteiger partial charge is 0.348 e. The topological polar surface area (TPSA) is 64.5 Å². The molecule has 1 aromatic carbocycles. The van der Waals surface area contributed by atoms with Crippen molar-refractivity contribution in [2.75, 3.05) is 6.54 Å². The summed E-state index contributed by atoms with van der Waals surface area (Å²) >= 11 is 0. The van der Waals surface area contributed by atoms with Gasteiger partial charge in [-0.15, -0.1) is 0 Å². The van der Waals surface area contributed by atoms with E-state index in [1.165, 1.54) is 5.69 Å². The number of hydrogen-bond acceptors (Lipinski definition) is 3. The number of hydrogen-bond donors (Lipinski definition) is 2. The normalized spacial score (nSPS) is 18.4. The van der Waals surface area contributed by atoms with Crippen molar-refractivity contribution in [3.8, 4) is 6.07 Å². The van der Waals surface area contributed by atoms with Gasteiger partial charge in [0.05, 0.1) is 29.7 Å². The van der Waals surface area contributed by atoms with Crippen molar-refractivity contribution < 1.29 is 0 Å². The van der Waals surface area contributed by atoms with E-state index in [0.717, 1.165) is 24.2 Å². The van der Waals surface area contributed by atoms with Crippen LogP contribution in [0.2, 0.25) is 0 Å². The van der Waals surface area contributed by atoms with Crippen LogP contribution in [0.1, 0.15) is 28.6 Å². The summed E-state index contributed by atoms with van der Waals surface area (Å²) in [7, 11) is 0. The second-order valence-electron chi connectivity index (χ2n) is 4.14. The van der Waals surface area contributed by atoms with E-state index in [4.69, 9.17) is 5.26 Å². The van der Waals surface area contributed by atoms with E-state index < -0.39 is 0 Å². The summed E-state index contributed by atoms with van der Waals surface area (Å²) < 4.78 is 0. The van der Waals surface area contributed by atoms with Crippen molar-refractivity contribution in [2.45, 2.75) is 12.5 Å². The Morgan fingerprint density at radius 2 is 2.12 bits per heavy atom. The van der Waals surface area contributed by atoms with Crippen LogP contribution in [-0.2, 0) is 6.42 Å². The molecule has 2 heterocycles. The van der Waals surface area contributed by atoms with Gasteiger partial charge in [0, 0.05) is 18.7 Å². The molecular weight excluding hydrogens is 212 g/mol. The number of aromatic nitrogens is 2. The number of imidazole rings is 1. The molecule has 0 spiro atoms. The first-order valence-corrected chi connectivity index (χ1v) is 5.64. The number of nitrogens with one attached hydrogen (secondary N) is 2. The second kappa shape index (κ2) is 4.04. The fourth-order valence-corrected chi connectivity index (χ4v) is 2.24. The van der Waals surface area contributed by atoms with Crippen molar-refractivity contribution in [2.24, 2.45) is 0 Å². The molecule has 1 aliphatic rings.